The fraction of sp³-hybridized carbons (Fsp3) is 0.312. The van der Waals surface area contributed by atoms with Gasteiger partial charge >= 0.3 is 12.1 Å². The van der Waals surface area contributed by atoms with Gasteiger partial charge in [0.15, 0.2) is 0 Å². The van der Waals surface area contributed by atoms with E-state index in [0.717, 1.165) is 12.1 Å². The van der Waals surface area contributed by atoms with Crippen molar-refractivity contribution in [3.63, 3.8) is 0 Å². The fourth-order valence-electron chi connectivity index (χ4n) is 2.11. The molecule has 0 aliphatic carbocycles. The van der Waals surface area contributed by atoms with Crippen molar-refractivity contribution >= 4 is 5.97 Å². The summed E-state index contributed by atoms with van der Waals surface area (Å²) >= 11 is 0. The number of hydrogen-bond donors (Lipinski definition) is 1. The number of ether oxygens (including phenoxy) is 1. The first kappa shape index (κ1) is 17.9. The van der Waals surface area contributed by atoms with Crippen LogP contribution in [0.2, 0.25) is 0 Å². The highest BCUT2D eigenvalue weighted by atomic mass is 19.4. The highest BCUT2D eigenvalue weighted by Crippen LogP contribution is 2.31. The van der Waals surface area contributed by atoms with E-state index in [4.69, 9.17) is 9.84 Å². The molecule has 8 heteroatoms. The third-order valence-corrected chi connectivity index (χ3v) is 3.33. The lowest BCUT2D eigenvalue weighted by molar-refractivity contribution is -0.138. The van der Waals surface area contributed by atoms with Gasteiger partial charge in [-0.1, -0.05) is 12.1 Å². The number of benzene rings is 1. The van der Waals surface area contributed by atoms with E-state index in [0.29, 0.717) is 11.3 Å². The lowest BCUT2D eigenvalue weighted by atomic mass is 9.95. The van der Waals surface area contributed by atoms with Gasteiger partial charge in [0.2, 0.25) is 0 Å². The summed E-state index contributed by atoms with van der Waals surface area (Å²) in [7, 11) is 0. The van der Waals surface area contributed by atoms with Gasteiger partial charge in [-0.15, -0.1) is 0 Å². The van der Waals surface area contributed by atoms with E-state index in [1.165, 1.54) is 30.7 Å². The van der Waals surface area contributed by atoms with E-state index in [-0.39, 0.29) is 19.6 Å². The van der Waals surface area contributed by atoms with Crippen molar-refractivity contribution < 1.29 is 27.8 Å². The summed E-state index contributed by atoms with van der Waals surface area (Å²) < 4.78 is 43.3. The van der Waals surface area contributed by atoms with Gasteiger partial charge in [0.05, 0.1) is 36.8 Å². The zero-order valence-electron chi connectivity index (χ0n) is 12.5. The second kappa shape index (κ2) is 7.87. The molecule has 0 spiro atoms. The summed E-state index contributed by atoms with van der Waals surface area (Å²) in [4.78, 5) is 18.6. The Morgan fingerprint density at radius 3 is 2.46 bits per heavy atom. The molecule has 1 aromatic heterocycles. The number of aliphatic carboxylic acids is 1. The molecule has 0 amide bonds. The van der Waals surface area contributed by atoms with Crippen LogP contribution >= 0.6 is 0 Å². The standard InChI is InChI=1S/C16H15F3N2O3/c17-16(18,19)12-3-1-11(2-4-12)13(10-24-8-5-15(22)23)14-9-20-6-7-21-14/h1-4,6-7,9,13H,5,8,10H2,(H,22,23). The molecule has 5 nitrogen and oxygen atoms in total. The third-order valence-electron chi connectivity index (χ3n) is 3.33. The summed E-state index contributed by atoms with van der Waals surface area (Å²) in [5.41, 5.74) is 0.377. The molecule has 0 saturated carbocycles. The normalized spacial score (nSPS) is 12.8. The van der Waals surface area contributed by atoms with Crippen LogP contribution in [-0.4, -0.2) is 34.3 Å². The molecule has 1 N–H and O–H groups in total. The van der Waals surface area contributed by atoms with E-state index in [2.05, 4.69) is 9.97 Å². The van der Waals surface area contributed by atoms with Crippen LogP contribution in [0.3, 0.4) is 0 Å². The zero-order valence-corrected chi connectivity index (χ0v) is 12.5. The minimum atomic E-state index is -4.40. The van der Waals surface area contributed by atoms with Gasteiger partial charge in [0, 0.05) is 18.6 Å². The van der Waals surface area contributed by atoms with Crippen LogP contribution in [0.4, 0.5) is 13.2 Å². The molecule has 128 valence electrons. The van der Waals surface area contributed by atoms with E-state index < -0.39 is 23.6 Å². The Morgan fingerprint density at radius 1 is 1.21 bits per heavy atom. The van der Waals surface area contributed by atoms with Crippen LogP contribution < -0.4 is 0 Å². The molecule has 1 unspecified atom stereocenters. The number of hydrogen-bond acceptors (Lipinski definition) is 4. The summed E-state index contributed by atoms with van der Waals surface area (Å²) in [6.45, 7) is 0.101. The first-order valence-corrected chi connectivity index (χ1v) is 7.10. The lowest BCUT2D eigenvalue weighted by Crippen LogP contribution is -2.14. The highest BCUT2D eigenvalue weighted by molar-refractivity contribution is 5.66. The van der Waals surface area contributed by atoms with E-state index in [9.17, 15) is 18.0 Å². The second-order valence-corrected chi connectivity index (χ2v) is 5.02. The molecule has 0 aliphatic rings. The minimum Gasteiger partial charge on any atom is -0.481 e. The van der Waals surface area contributed by atoms with Crippen molar-refractivity contribution in [1.29, 1.82) is 0 Å². The number of nitrogens with zero attached hydrogens (tertiary/aromatic N) is 2. The third kappa shape index (κ3) is 5.02. The van der Waals surface area contributed by atoms with Crippen LogP contribution in [0.25, 0.3) is 0 Å². The Balaban J connectivity index is 2.17. The second-order valence-electron chi connectivity index (χ2n) is 5.02. The molecule has 0 saturated heterocycles. The molecule has 0 aliphatic heterocycles. The van der Waals surface area contributed by atoms with Gasteiger partial charge < -0.3 is 9.84 Å². The van der Waals surface area contributed by atoms with E-state index >= 15 is 0 Å². The number of carboxylic acids is 1. The average molecular weight is 340 g/mol. The molecule has 2 aromatic rings. The smallest absolute Gasteiger partial charge is 0.416 e. The quantitative estimate of drug-likeness (QED) is 0.784. The van der Waals surface area contributed by atoms with Crippen LogP contribution in [-0.2, 0) is 15.7 Å². The van der Waals surface area contributed by atoms with Gasteiger partial charge in [-0.3, -0.25) is 14.8 Å². The van der Waals surface area contributed by atoms with Crippen LogP contribution in [0, 0.1) is 0 Å². The maximum atomic E-state index is 12.7. The first-order valence-electron chi connectivity index (χ1n) is 7.10. The topological polar surface area (TPSA) is 72.3 Å². The molecule has 1 atom stereocenters. The number of halogens is 3. The van der Waals surface area contributed by atoms with Crippen molar-refractivity contribution in [1.82, 2.24) is 9.97 Å². The maximum absolute atomic E-state index is 12.7. The Hall–Kier alpha value is -2.48. The van der Waals surface area contributed by atoms with Gasteiger partial charge in [0.25, 0.3) is 0 Å². The van der Waals surface area contributed by atoms with Crippen LogP contribution in [0.1, 0.15) is 29.2 Å². The van der Waals surface area contributed by atoms with Crippen molar-refractivity contribution in [2.24, 2.45) is 0 Å². The SMILES string of the molecule is O=C(O)CCOCC(c1ccc(C(F)(F)F)cc1)c1cnccn1. The Kier molecular flexibility index (Phi) is 5.86. The molecule has 1 aromatic carbocycles. The molecule has 2 rings (SSSR count). The van der Waals surface area contributed by atoms with Gasteiger partial charge in [-0.2, -0.15) is 13.2 Å². The number of alkyl halides is 3. The maximum Gasteiger partial charge on any atom is 0.416 e. The summed E-state index contributed by atoms with van der Waals surface area (Å²) in [6, 6.07) is 4.72. The number of carboxylic acid groups (broad SMARTS) is 1. The van der Waals surface area contributed by atoms with Crippen LogP contribution in [0.15, 0.2) is 42.9 Å². The van der Waals surface area contributed by atoms with E-state index in [1.54, 1.807) is 0 Å². The molecule has 1 heterocycles. The van der Waals surface area contributed by atoms with E-state index in [1.807, 2.05) is 0 Å². The monoisotopic (exact) mass is 340 g/mol. The molecule has 0 fully saturated rings. The first-order chi connectivity index (χ1) is 11.4. The molecular weight excluding hydrogens is 325 g/mol. The lowest BCUT2D eigenvalue weighted by Gasteiger charge is -2.17. The molecular formula is C16H15F3N2O3. The molecule has 0 bridgehead atoms. The van der Waals surface area contributed by atoms with Crippen molar-refractivity contribution in [2.45, 2.75) is 18.5 Å². The minimum absolute atomic E-state index is 0.00668. The number of aromatic nitrogens is 2. The number of rotatable bonds is 7. The zero-order chi connectivity index (χ0) is 17.6. The summed E-state index contributed by atoms with van der Waals surface area (Å²) in [5.74, 6) is -1.42. The van der Waals surface area contributed by atoms with Crippen molar-refractivity contribution in [2.75, 3.05) is 13.2 Å². The van der Waals surface area contributed by atoms with Gasteiger partial charge in [-0.05, 0) is 17.7 Å². The van der Waals surface area contributed by atoms with Gasteiger partial charge in [-0.25, -0.2) is 0 Å². The fourth-order valence-corrected chi connectivity index (χ4v) is 2.11. The van der Waals surface area contributed by atoms with Crippen molar-refractivity contribution in [3.8, 4) is 0 Å². The Labute approximate surface area is 136 Å². The Morgan fingerprint density at radius 2 is 1.92 bits per heavy atom. The van der Waals surface area contributed by atoms with Crippen LogP contribution in [0.5, 0.6) is 0 Å². The molecule has 24 heavy (non-hydrogen) atoms. The summed E-state index contributed by atoms with van der Waals surface area (Å²) in [6.07, 6.45) is -0.0933. The number of carbonyl (C=O) groups is 1. The van der Waals surface area contributed by atoms with Crippen molar-refractivity contribution in [3.05, 3.63) is 59.7 Å². The largest absolute Gasteiger partial charge is 0.481 e. The summed E-state index contributed by atoms with van der Waals surface area (Å²) in [5, 5.41) is 8.61. The molecule has 0 radical (unpaired) electrons. The predicted molar refractivity (Wildman–Crippen MR) is 78.4 cm³/mol. The average Bonchev–Trinajstić information content (AvgIpc) is 2.55. The van der Waals surface area contributed by atoms with Gasteiger partial charge in [0.1, 0.15) is 0 Å². The Bertz CT molecular complexity index is 661. The predicted octanol–water partition coefficient (Wildman–Crippen LogP) is 3.12. The highest BCUT2D eigenvalue weighted by Gasteiger charge is 2.30.